The standard InChI is InChI=1S/C15H21N5O5/c1-19(15(23)24-2)10-13(21)20-5-6-25-11(9-20)7-18-14(22)12-8-16-3-4-17-12/h3-4,8,11H,5-7,9-10H2,1-2H3,(H,18,22). The molecule has 1 unspecified atom stereocenters. The van der Waals surface area contributed by atoms with Crippen LogP contribution in [-0.4, -0.2) is 90.7 Å². The van der Waals surface area contributed by atoms with E-state index in [1.54, 1.807) is 4.90 Å². The van der Waals surface area contributed by atoms with Crippen molar-refractivity contribution in [3.8, 4) is 0 Å². The first-order valence-electron chi connectivity index (χ1n) is 7.74. The van der Waals surface area contributed by atoms with Gasteiger partial charge in [-0.05, 0) is 0 Å². The Morgan fingerprint density at radius 3 is 2.92 bits per heavy atom. The molecule has 2 heterocycles. The summed E-state index contributed by atoms with van der Waals surface area (Å²) < 4.78 is 10.1. The van der Waals surface area contributed by atoms with E-state index in [-0.39, 0.29) is 36.7 Å². The molecule has 0 bridgehead atoms. The average molecular weight is 351 g/mol. The molecular weight excluding hydrogens is 330 g/mol. The Balaban J connectivity index is 1.81. The van der Waals surface area contributed by atoms with Crippen LogP contribution in [0.15, 0.2) is 18.6 Å². The van der Waals surface area contributed by atoms with Crippen molar-refractivity contribution in [2.45, 2.75) is 6.10 Å². The maximum atomic E-state index is 12.2. The number of methoxy groups -OCH3 is 1. The highest BCUT2D eigenvalue weighted by atomic mass is 16.5. The van der Waals surface area contributed by atoms with Gasteiger partial charge >= 0.3 is 6.09 Å². The molecule has 10 nitrogen and oxygen atoms in total. The van der Waals surface area contributed by atoms with Crippen molar-refractivity contribution < 1.29 is 23.9 Å². The van der Waals surface area contributed by atoms with Gasteiger partial charge in [0.15, 0.2) is 0 Å². The number of nitrogens with one attached hydrogen (secondary N) is 1. The van der Waals surface area contributed by atoms with Crippen LogP contribution < -0.4 is 5.32 Å². The molecule has 1 N–H and O–H groups in total. The van der Waals surface area contributed by atoms with E-state index in [9.17, 15) is 14.4 Å². The second kappa shape index (κ2) is 8.92. The first kappa shape index (κ1) is 18.6. The number of amides is 3. The minimum atomic E-state index is -0.575. The summed E-state index contributed by atoms with van der Waals surface area (Å²) in [4.78, 5) is 46.1. The van der Waals surface area contributed by atoms with Crippen molar-refractivity contribution in [1.29, 1.82) is 0 Å². The second-order valence-corrected chi connectivity index (χ2v) is 5.46. The molecule has 0 aromatic carbocycles. The van der Waals surface area contributed by atoms with Crippen molar-refractivity contribution in [3.05, 3.63) is 24.3 Å². The number of nitrogens with zero attached hydrogens (tertiary/aromatic N) is 4. The maximum absolute atomic E-state index is 12.2. The van der Waals surface area contributed by atoms with Gasteiger partial charge in [-0.15, -0.1) is 0 Å². The van der Waals surface area contributed by atoms with Gasteiger partial charge in [-0.2, -0.15) is 0 Å². The van der Waals surface area contributed by atoms with Gasteiger partial charge in [-0.3, -0.25) is 14.6 Å². The topological polar surface area (TPSA) is 114 Å². The first-order chi connectivity index (χ1) is 12.0. The van der Waals surface area contributed by atoms with E-state index in [4.69, 9.17) is 4.74 Å². The number of hydrogen-bond donors (Lipinski definition) is 1. The molecule has 136 valence electrons. The van der Waals surface area contributed by atoms with Crippen LogP contribution in [0.5, 0.6) is 0 Å². The van der Waals surface area contributed by atoms with Gasteiger partial charge in [0, 0.05) is 39.1 Å². The quantitative estimate of drug-likeness (QED) is 0.733. The lowest BCUT2D eigenvalue weighted by Crippen LogP contribution is -2.52. The number of rotatable bonds is 5. The molecule has 1 aliphatic heterocycles. The summed E-state index contributed by atoms with van der Waals surface area (Å²) in [7, 11) is 2.75. The number of hydrogen-bond acceptors (Lipinski definition) is 7. The number of ether oxygens (including phenoxy) is 2. The molecule has 1 aliphatic rings. The van der Waals surface area contributed by atoms with Gasteiger partial charge in [-0.25, -0.2) is 9.78 Å². The number of carbonyl (C=O) groups is 3. The zero-order chi connectivity index (χ0) is 18.2. The average Bonchev–Trinajstić information content (AvgIpc) is 2.66. The van der Waals surface area contributed by atoms with Gasteiger partial charge in [0.05, 0.1) is 26.0 Å². The summed E-state index contributed by atoms with van der Waals surface area (Å²) in [5, 5.41) is 2.71. The summed E-state index contributed by atoms with van der Waals surface area (Å²) in [6.45, 7) is 1.29. The highest BCUT2D eigenvalue weighted by Gasteiger charge is 2.26. The molecule has 0 spiro atoms. The number of morpholine rings is 1. The summed E-state index contributed by atoms with van der Waals surface area (Å²) in [5.74, 6) is -0.563. The molecule has 1 saturated heterocycles. The van der Waals surface area contributed by atoms with Crippen LogP contribution in [0.4, 0.5) is 4.79 Å². The zero-order valence-electron chi connectivity index (χ0n) is 14.2. The van der Waals surface area contributed by atoms with Gasteiger partial charge in [0.1, 0.15) is 12.2 Å². The van der Waals surface area contributed by atoms with Crippen molar-refractivity contribution in [3.63, 3.8) is 0 Å². The van der Waals surface area contributed by atoms with E-state index < -0.39 is 6.09 Å². The Labute approximate surface area is 145 Å². The minimum absolute atomic E-state index is 0.0780. The summed E-state index contributed by atoms with van der Waals surface area (Å²) >= 11 is 0. The van der Waals surface area contributed by atoms with Crippen LogP contribution >= 0.6 is 0 Å². The van der Waals surface area contributed by atoms with E-state index in [1.165, 1.54) is 37.6 Å². The Bertz CT molecular complexity index is 612. The molecule has 0 radical (unpaired) electrons. The van der Waals surface area contributed by atoms with E-state index in [0.29, 0.717) is 19.7 Å². The van der Waals surface area contributed by atoms with Gasteiger partial charge < -0.3 is 24.6 Å². The molecule has 25 heavy (non-hydrogen) atoms. The third-order valence-electron chi connectivity index (χ3n) is 3.64. The van der Waals surface area contributed by atoms with Crippen LogP contribution in [-0.2, 0) is 14.3 Å². The molecule has 2 rings (SSSR count). The van der Waals surface area contributed by atoms with Gasteiger partial charge in [0.25, 0.3) is 5.91 Å². The van der Waals surface area contributed by atoms with Crippen LogP contribution in [0.2, 0.25) is 0 Å². The monoisotopic (exact) mass is 351 g/mol. The molecule has 0 saturated carbocycles. The third kappa shape index (κ3) is 5.38. The van der Waals surface area contributed by atoms with E-state index in [2.05, 4.69) is 20.0 Å². The Hall–Kier alpha value is -2.75. The van der Waals surface area contributed by atoms with E-state index in [0.717, 1.165) is 0 Å². The van der Waals surface area contributed by atoms with Crippen LogP contribution in [0, 0.1) is 0 Å². The van der Waals surface area contributed by atoms with Gasteiger partial charge in [0.2, 0.25) is 5.91 Å². The predicted octanol–water partition coefficient (Wildman–Crippen LogP) is -0.868. The maximum Gasteiger partial charge on any atom is 0.409 e. The smallest absolute Gasteiger partial charge is 0.409 e. The number of likely N-dealkylation sites (N-methyl/N-ethyl adjacent to an activating group) is 1. The lowest BCUT2D eigenvalue weighted by molar-refractivity contribution is -0.139. The SMILES string of the molecule is COC(=O)N(C)CC(=O)N1CCOC(CNC(=O)c2cnccn2)C1. The molecule has 1 fully saturated rings. The van der Waals surface area contributed by atoms with E-state index in [1.807, 2.05) is 0 Å². The number of aromatic nitrogens is 2. The first-order valence-corrected chi connectivity index (χ1v) is 7.74. The summed E-state index contributed by atoms with van der Waals surface area (Å²) in [5.41, 5.74) is 0.214. The van der Waals surface area contributed by atoms with Crippen molar-refractivity contribution in [2.75, 3.05) is 46.9 Å². The lowest BCUT2D eigenvalue weighted by atomic mass is 10.2. The van der Waals surface area contributed by atoms with E-state index >= 15 is 0 Å². The van der Waals surface area contributed by atoms with Gasteiger partial charge in [-0.1, -0.05) is 0 Å². The van der Waals surface area contributed by atoms with Crippen molar-refractivity contribution >= 4 is 17.9 Å². The largest absolute Gasteiger partial charge is 0.453 e. The summed E-state index contributed by atoms with van der Waals surface area (Å²) in [6.07, 6.45) is 3.38. The molecule has 10 heteroatoms. The Kier molecular flexibility index (Phi) is 6.63. The Morgan fingerprint density at radius 2 is 2.24 bits per heavy atom. The highest BCUT2D eigenvalue weighted by Crippen LogP contribution is 2.06. The number of carbonyl (C=O) groups excluding carboxylic acids is 3. The molecule has 1 atom stereocenters. The van der Waals surface area contributed by atoms with Crippen molar-refractivity contribution in [2.24, 2.45) is 0 Å². The highest BCUT2D eigenvalue weighted by molar-refractivity contribution is 5.91. The van der Waals surface area contributed by atoms with Crippen molar-refractivity contribution in [1.82, 2.24) is 25.1 Å². The Morgan fingerprint density at radius 1 is 1.44 bits per heavy atom. The molecule has 1 aromatic heterocycles. The molecular formula is C15H21N5O5. The zero-order valence-corrected chi connectivity index (χ0v) is 14.2. The van der Waals surface area contributed by atoms with Crippen LogP contribution in [0.1, 0.15) is 10.5 Å². The van der Waals surface area contributed by atoms with Crippen LogP contribution in [0.3, 0.4) is 0 Å². The fourth-order valence-electron chi connectivity index (χ4n) is 2.31. The fourth-order valence-corrected chi connectivity index (χ4v) is 2.31. The third-order valence-corrected chi connectivity index (χ3v) is 3.64. The molecule has 0 aliphatic carbocycles. The minimum Gasteiger partial charge on any atom is -0.453 e. The molecule has 3 amide bonds. The fraction of sp³-hybridized carbons (Fsp3) is 0.533. The lowest BCUT2D eigenvalue weighted by Gasteiger charge is -2.33. The predicted molar refractivity (Wildman–Crippen MR) is 85.7 cm³/mol. The van der Waals surface area contributed by atoms with Crippen LogP contribution in [0.25, 0.3) is 0 Å². The normalized spacial score (nSPS) is 16.9. The molecule has 1 aromatic rings. The summed E-state index contributed by atoms with van der Waals surface area (Å²) in [6, 6.07) is 0. The second-order valence-electron chi connectivity index (χ2n) is 5.46.